The summed E-state index contributed by atoms with van der Waals surface area (Å²) in [6.45, 7) is 5.14. The Morgan fingerprint density at radius 2 is 2.12 bits per heavy atom. The monoisotopic (exact) mass is 257 g/mol. The van der Waals surface area contributed by atoms with Gasteiger partial charge in [0.05, 0.1) is 15.7 Å². The van der Waals surface area contributed by atoms with Crippen molar-refractivity contribution in [3.8, 4) is 0 Å². The molecule has 0 amide bonds. The Morgan fingerprint density at radius 3 is 2.76 bits per heavy atom. The molecule has 4 heteroatoms. The van der Waals surface area contributed by atoms with Crippen LogP contribution in [0.25, 0.3) is 0 Å². The van der Waals surface area contributed by atoms with Crippen LogP contribution in [0.5, 0.6) is 0 Å². The standard InChI is InChI=1S/C13H20FNOS/c1-3-9-15-11(2)8-10-17(16)13-7-5-4-6-12(13)14/h4-7,11,15H,3,8-10H2,1-2H3. The maximum Gasteiger partial charge on any atom is 0.139 e. The Labute approximate surface area is 105 Å². The Hall–Kier alpha value is -0.740. The number of rotatable bonds is 7. The highest BCUT2D eigenvalue weighted by molar-refractivity contribution is 7.85. The third kappa shape index (κ3) is 4.96. The summed E-state index contributed by atoms with van der Waals surface area (Å²) in [5.41, 5.74) is 0. The number of halogens is 1. The molecule has 1 rings (SSSR count). The Bertz CT molecular complexity index is 370. The molecule has 17 heavy (non-hydrogen) atoms. The van der Waals surface area contributed by atoms with E-state index in [1.165, 1.54) is 6.07 Å². The van der Waals surface area contributed by atoms with E-state index in [1.807, 2.05) is 0 Å². The van der Waals surface area contributed by atoms with E-state index in [0.29, 0.717) is 16.7 Å². The van der Waals surface area contributed by atoms with E-state index in [1.54, 1.807) is 18.2 Å². The molecule has 0 aliphatic rings. The fraction of sp³-hybridized carbons (Fsp3) is 0.538. The number of hydrogen-bond donors (Lipinski definition) is 1. The van der Waals surface area contributed by atoms with Crippen molar-refractivity contribution in [2.45, 2.75) is 37.6 Å². The first-order valence-electron chi connectivity index (χ1n) is 6.01. The molecule has 0 fully saturated rings. The zero-order valence-corrected chi connectivity index (χ0v) is 11.2. The van der Waals surface area contributed by atoms with Crippen LogP contribution >= 0.6 is 0 Å². The molecule has 96 valence electrons. The molecule has 0 aliphatic carbocycles. The molecule has 0 saturated heterocycles. The van der Waals surface area contributed by atoms with Crippen molar-refractivity contribution in [1.82, 2.24) is 5.32 Å². The lowest BCUT2D eigenvalue weighted by atomic mass is 10.2. The molecule has 0 saturated carbocycles. The van der Waals surface area contributed by atoms with Crippen molar-refractivity contribution in [2.75, 3.05) is 12.3 Å². The average molecular weight is 257 g/mol. The zero-order valence-electron chi connectivity index (χ0n) is 10.4. The van der Waals surface area contributed by atoms with Gasteiger partial charge < -0.3 is 5.32 Å². The van der Waals surface area contributed by atoms with Gasteiger partial charge in [0.25, 0.3) is 0 Å². The van der Waals surface area contributed by atoms with Gasteiger partial charge in [0.1, 0.15) is 5.82 Å². The van der Waals surface area contributed by atoms with Crippen LogP contribution in [0.2, 0.25) is 0 Å². The molecule has 0 spiro atoms. The van der Waals surface area contributed by atoms with Crippen LogP contribution < -0.4 is 5.32 Å². The molecule has 0 aromatic heterocycles. The van der Waals surface area contributed by atoms with Crippen LogP contribution in [-0.2, 0) is 10.8 Å². The van der Waals surface area contributed by atoms with E-state index in [4.69, 9.17) is 0 Å². The van der Waals surface area contributed by atoms with Crippen LogP contribution in [-0.4, -0.2) is 22.5 Å². The molecular weight excluding hydrogens is 237 g/mol. The quantitative estimate of drug-likeness (QED) is 0.813. The predicted octanol–water partition coefficient (Wildman–Crippen LogP) is 2.71. The average Bonchev–Trinajstić information content (AvgIpc) is 2.34. The second kappa shape index (κ2) is 7.56. The van der Waals surface area contributed by atoms with Gasteiger partial charge in [-0.25, -0.2) is 4.39 Å². The maximum atomic E-state index is 13.4. The van der Waals surface area contributed by atoms with Crippen molar-refractivity contribution < 1.29 is 8.60 Å². The van der Waals surface area contributed by atoms with Gasteiger partial charge in [-0.2, -0.15) is 0 Å². The van der Waals surface area contributed by atoms with Crippen LogP contribution in [0.3, 0.4) is 0 Å². The Kier molecular flexibility index (Phi) is 6.37. The zero-order chi connectivity index (χ0) is 12.7. The maximum absolute atomic E-state index is 13.4. The molecule has 0 heterocycles. The fourth-order valence-corrected chi connectivity index (χ4v) is 2.82. The SMILES string of the molecule is CCCNC(C)CCS(=O)c1ccccc1F. The highest BCUT2D eigenvalue weighted by Crippen LogP contribution is 2.12. The third-order valence-electron chi connectivity index (χ3n) is 2.56. The molecule has 0 bridgehead atoms. The molecule has 1 N–H and O–H groups in total. The van der Waals surface area contributed by atoms with E-state index < -0.39 is 10.8 Å². The molecule has 1 aromatic carbocycles. The van der Waals surface area contributed by atoms with Crippen molar-refractivity contribution in [3.05, 3.63) is 30.1 Å². The third-order valence-corrected chi connectivity index (χ3v) is 3.99. The summed E-state index contributed by atoms with van der Waals surface area (Å²) < 4.78 is 25.2. The summed E-state index contributed by atoms with van der Waals surface area (Å²) in [7, 11) is -1.24. The van der Waals surface area contributed by atoms with Gasteiger partial charge in [-0.05, 0) is 38.4 Å². The first-order valence-corrected chi connectivity index (χ1v) is 7.33. The molecule has 0 radical (unpaired) electrons. The number of hydrogen-bond acceptors (Lipinski definition) is 2. The summed E-state index contributed by atoms with van der Waals surface area (Å²) in [6.07, 6.45) is 1.88. The fourth-order valence-electron chi connectivity index (χ4n) is 1.52. The highest BCUT2D eigenvalue weighted by atomic mass is 32.2. The Balaban J connectivity index is 2.42. The predicted molar refractivity (Wildman–Crippen MR) is 70.0 cm³/mol. The molecular formula is C13H20FNOS. The van der Waals surface area contributed by atoms with E-state index in [0.717, 1.165) is 19.4 Å². The molecule has 0 aliphatic heterocycles. The lowest BCUT2D eigenvalue weighted by Crippen LogP contribution is -2.28. The summed E-state index contributed by atoms with van der Waals surface area (Å²) in [6, 6.07) is 6.60. The van der Waals surface area contributed by atoms with Gasteiger partial charge in [0.2, 0.25) is 0 Å². The van der Waals surface area contributed by atoms with E-state index in [-0.39, 0.29) is 5.82 Å². The smallest absolute Gasteiger partial charge is 0.139 e. The normalized spacial score (nSPS) is 14.5. The minimum Gasteiger partial charge on any atom is -0.314 e. The van der Waals surface area contributed by atoms with Crippen LogP contribution in [0.4, 0.5) is 4.39 Å². The van der Waals surface area contributed by atoms with E-state index >= 15 is 0 Å². The second-order valence-electron chi connectivity index (χ2n) is 4.12. The van der Waals surface area contributed by atoms with E-state index in [9.17, 15) is 8.60 Å². The minimum atomic E-state index is -1.24. The van der Waals surface area contributed by atoms with E-state index in [2.05, 4.69) is 19.2 Å². The molecule has 1 aromatic rings. The molecule has 2 unspecified atom stereocenters. The van der Waals surface area contributed by atoms with Crippen molar-refractivity contribution in [3.63, 3.8) is 0 Å². The first kappa shape index (κ1) is 14.3. The van der Waals surface area contributed by atoms with Crippen molar-refractivity contribution in [2.24, 2.45) is 0 Å². The molecule has 2 atom stereocenters. The van der Waals surface area contributed by atoms with Gasteiger partial charge in [-0.15, -0.1) is 0 Å². The van der Waals surface area contributed by atoms with Gasteiger partial charge in [0, 0.05) is 11.8 Å². The van der Waals surface area contributed by atoms with Crippen molar-refractivity contribution in [1.29, 1.82) is 0 Å². The largest absolute Gasteiger partial charge is 0.314 e. The lowest BCUT2D eigenvalue weighted by Gasteiger charge is -2.12. The summed E-state index contributed by atoms with van der Waals surface area (Å²) >= 11 is 0. The van der Waals surface area contributed by atoms with Crippen LogP contribution in [0, 0.1) is 5.82 Å². The lowest BCUT2D eigenvalue weighted by molar-refractivity contribution is 0.532. The Morgan fingerprint density at radius 1 is 1.41 bits per heavy atom. The number of benzene rings is 1. The molecule has 2 nitrogen and oxygen atoms in total. The summed E-state index contributed by atoms with van der Waals surface area (Å²) in [5.74, 6) is 0.124. The van der Waals surface area contributed by atoms with Gasteiger partial charge in [-0.3, -0.25) is 4.21 Å². The summed E-state index contributed by atoms with van der Waals surface area (Å²) in [4.78, 5) is 0.315. The van der Waals surface area contributed by atoms with Gasteiger partial charge in [-0.1, -0.05) is 19.1 Å². The van der Waals surface area contributed by atoms with Gasteiger partial charge in [0.15, 0.2) is 0 Å². The minimum absolute atomic E-state index is 0.315. The first-order chi connectivity index (χ1) is 8.15. The number of nitrogens with one attached hydrogen (secondary N) is 1. The van der Waals surface area contributed by atoms with Gasteiger partial charge >= 0.3 is 0 Å². The van der Waals surface area contributed by atoms with Crippen LogP contribution in [0.15, 0.2) is 29.2 Å². The van der Waals surface area contributed by atoms with Crippen LogP contribution in [0.1, 0.15) is 26.7 Å². The topological polar surface area (TPSA) is 29.1 Å². The summed E-state index contributed by atoms with van der Waals surface area (Å²) in [5, 5.41) is 3.33. The second-order valence-corrected chi connectivity index (χ2v) is 5.66. The van der Waals surface area contributed by atoms with Crippen molar-refractivity contribution >= 4 is 10.8 Å². The highest BCUT2D eigenvalue weighted by Gasteiger charge is 2.10.